The van der Waals surface area contributed by atoms with E-state index in [4.69, 9.17) is 0 Å². The van der Waals surface area contributed by atoms with Crippen LogP contribution >= 0.6 is 0 Å². The van der Waals surface area contributed by atoms with Crippen LogP contribution in [0.5, 0.6) is 0 Å². The Balaban J connectivity index is 0.000000113. The van der Waals surface area contributed by atoms with Crippen LogP contribution < -0.4 is 0 Å². The van der Waals surface area contributed by atoms with E-state index in [0.717, 1.165) is 0 Å². The predicted octanol–water partition coefficient (Wildman–Crippen LogP) is 7.33. The topological polar surface area (TPSA) is 0 Å². The van der Waals surface area contributed by atoms with Gasteiger partial charge in [-0.1, -0.05) is 27.7 Å². The van der Waals surface area contributed by atoms with E-state index in [0.29, 0.717) is 0 Å². The van der Waals surface area contributed by atoms with Crippen molar-refractivity contribution in [3.8, 4) is 0 Å². The van der Waals surface area contributed by atoms with Gasteiger partial charge in [-0.2, -0.15) is 0 Å². The molecule has 0 aromatic carbocycles. The normalized spacial score (nSPS) is 49.6. The molecule has 0 aromatic rings. The first-order valence-electron chi connectivity index (χ1n) is 11.3. The van der Waals surface area contributed by atoms with Crippen molar-refractivity contribution in [1.29, 1.82) is 0 Å². The average molecular weight is 319 g/mol. The van der Waals surface area contributed by atoms with Gasteiger partial charge in [0.25, 0.3) is 0 Å². The van der Waals surface area contributed by atoms with Crippen LogP contribution in [0.4, 0.5) is 0 Å². The van der Waals surface area contributed by atoms with Gasteiger partial charge in [0.15, 0.2) is 0 Å². The highest BCUT2D eigenvalue weighted by Crippen LogP contribution is 2.59. The lowest BCUT2D eigenvalue weighted by molar-refractivity contribution is 0.0198. The zero-order valence-corrected chi connectivity index (χ0v) is 16.4. The standard InChI is InChI=1S/C10H16.C9H14.2C2H6/c1-7-2-9-4-8(1)5-10(3-7)6-9;1-2-8-4-6-3-7(1)9(8)5-6;2*1-2/h7-10H,1-6H2;6-9H,1-5H2;2*1-2H3. The third-order valence-electron chi connectivity index (χ3n) is 8.00. The summed E-state index contributed by atoms with van der Waals surface area (Å²) in [5.74, 6) is 9.52. The van der Waals surface area contributed by atoms with E-state index in [1.807, 2.05) is 27.7 Å². The quantitative estimate of drug-likeness (QED) is 0.438. The van der Waals surface area contributed by atoms with Gasteiger partial charge in [-0.15, -0.1) is 0 Å². The second kappa shape index (κ2) is 7.92. The largest absolute Gasteiger partial charge is 0.0683 e. The highest BCUT2D eigenvalue weighted by Gasteiger charge is 2.49. The first kappa shape index (κ1) is 17.8. The van der Waals surface area contributed by atoms with Crippen molar-refractivity contribution in [2.75, 3.05) is 0 Å². The summed E-state index contributed by atoms with van der Waals surface area (Å²) in [5, 5.41) is 0. The van der Waals surface area contributed by atoms with Gasteiger partial charge in [0, 0.05) is 0 Å². The molecular formula is C23H42. The molecule has 0 heteroatoms. The summed E-state index contributed by atoms with van der Waals surface area (Å²) in [7, 11) is 0. The summed E-state index contributed by atoms with van der Waals surface area (Å²) in [6.07, 6.45) is 17.6. The maximum atomic E-state index is 2.00. The van der Waals surface area contributed by atoms with Crippen molar-refractivity contribution in [3.05, 3.63) is 0 Å². The third-order valence-corrected chi connectivity index (χ3v) is 8.00. The summed E-state index contributed by atoms with van der Waals surface area (Å²) >= 11 is 0. The Morgan fingerprint density at radius 3 is 0.957 bits per heavy atom. The summed E-state index contributed by atoms with van der Waals surface area (Å²) in [4.78, 5) is 0. The van der Waals surface area contributed by atoms with E-state index in [-0.39, 0.29) is 0 Å². The van der Waals surface area contributed by atoms with Crippen molar-refractivity contribution in [2.45, 2.75) is 98.3 Å². The first-order chi connectivity index (χ1) is 11.3. The molecule has 2 unspecified atom stereocenters. The molecule has 0 saturated heterocycles. The van der Waals surface area contributed by atoms with Gasteiger partial charge < -0.3 is 0 Å². The Hall–Kier alpha value is 0. The average Bonchev–Trinajstić information content (AvgIpc) is 3.20. The second-order valence-corrected chi connectivity index (χ2v) is 9.21. The predicted molar refractivity (Wildman–Crippen MR) is 101 cm³/mol. The van der Waals surface area contributed by atoms with E-state index in [1.165, 1.54) is 47.3 Å². The van der Waals surface area contributed by atoms with Gasteiger partial charge >= 0.3 is 0 Å². The van der Waals surface area contributed by atoms with Gasteiger partial charge in [-0.05, 0) is 118 Å². The molecule has 134 valence electrons. The lowest BCUT2D eigenvalue weighted by atomic mass is 9.56. The third kappa shape index (κ3) is 3.67. The summed E-state index contributed by atoms with van der Waals surface area (Å²) < 4.78 is 0. The number of rotatable bonds is 0. The molecule has 0 nitrogen and oxygen atoms in total. The second-order valence-electron chi connectivity index (χ2n) is 9.21. The molecule has 0 heterocycles. The van der Waals surface area contributed by atoms with Crippen LogP contribution in [0.3, 0.4) is 0 Å². The minimum Gasteiger partial charge on any atom is -0.0683 e. The Labute approximate surface area is 146 Å². The van der Waals surface area contributed by atoms with Crippen molar-refractivity contribution in [3.63, 3.8) is 0 Å². The molecule has 0 N–H and O–H groups in total. The van der Waals surface area contributed by atoms with Crippen LogP contribution in [0, 0.1) is 47.3 Å². The minimum absolute atomic E-state index is 1.18. The molecule has 6 bridgehead atoms. The minimum atomic E-state index is 1.18. The van der Waals surface area contributed by atoms with E-state index >= 15 is 0 Å². The molecule has 7 fully saturated rings. The molecule has 7 rings (SSSR count). The van der Waals surface area contributed by atoms with E-state index in [2.05, 4.69) is 0 Å². The fraction of sp³-hybridized carbons (Fsp3) is 1.00. The van der Waals surface area contributed by atoms with Crippen molar-refractivity contribution < 1.29 is 0 Å². The van der Waals surface area contributed by atoms with Gasteiger partial charge in [0.2, 0.25) is 0 Å². The molecule has 0 aromatic heterocycles. The molecule has 7 saturated carbocycles. The van der Waals surface area contributed by atoms with Crippen LogP contribution in [0.25, 0.3) is 0 Å². The SMILES string of the molecule is C1C2CC3CC1CC(C2)C3.C1CC2CC3CC1C2C3.CC.CC. The fourth-order valence-electron chi connectivity index (χ4n) is 7.72. The van der Waals surface area contributed by atoms with Gasteiger partial charge in [-0.3, -0.25) is 0 Å². The Morgan fingerprint density at radius 1 is 0.391 bits per heavy atom. The van der Waals surface area contributed by atoms with E-state index in [1.54, 1.807) is 70.6 Å². The van der Waals surface area contributed by atoms with Crippen molar-refractivity contribution in [1.82, 2.24) is 0 Å². The van der Waals surface area contributed by atoms with Crippen LogP contribution in [-0.2, 0) is 0 Å². The van der Waals surface area contributed by atoms with E-state index < -0.39 is 0 Å². The zero-order chi connectivity index (χ0) is 16.4. The molecule has 0 radical (unpaired) electrons. The molecular weight excluding hydrogens is 276 g/mol. The molecule has 0 aliphatic heterocycles. The van der Waals surface area contributed by atoms with Crippen LogP contribution in [0.2, 0.25) is 0 Å². The smallest absolute Gasteiger partial charge is 0.0355 e. The summed E-state index contributed by atoms with van der Waals surface area (Å²) in [6.45, 7) is 8.00. The lowest BCUT2D eigenvalue weighted by Crippen LogP contribution is -2.38. The monoisotopic (exact) mass is 318 g/mol. The first-order valence-corrected chi connectivity index (χ1v) is 11.3. The van der Waals surface area contributed by atoms with Gasteiger partial charge in [0.05, 0.1) is 0 Å². The van der Waals surface area contributed by atoms with Crippen LogP contribution in [0.1, 0.15) is 98.3 Å². The Bertz CT molecular complexity index is 284. The summed E-state index contributed by atoms with van der Waals surface area (Å²) in [6, 6.07) is 0. The highest BCUT2D eigenvalue weighted by atomic mass is 14.5. The van der Waals surface area contributed by atoms with Crippen molar-refractivity contribution in [2.24, 2.45) is 47.3 Å². The lowest BCUT2D eigenvalue weighted by Gasteiger charge is -2.49. The summed E-state index contributed by atoms with van der Waals surface area (Å²) in [5.41, 5.74) is 0. The molecule has 23 heavy (non-hydrogen) atoms. The number of hydrogen-bond acceptors (Lipinski definition) is 0. The maximum absolute atomic E-state index is 2.00. The van der Waals surface area contributed by atoms with Crippen LogP contribution in [-0.4, -0.2) is 0 Å². The molecule has 7 aliphatic carbocycles. The molecule has 7 aliphatic rings. The fourth-order valence-corrected chi connectivity index (χ4v) is 7.72. The number of fused-ring (bicyclic) bond motifs is 1. The van der Waals surface area contributed by atoms with Crippen LogP contribution in [0.15, 0.2) is 0 Å². The zero-order valence-electron chi connectivity index (χ0n) is 16.4. The Kier molecular flexibility index (Phi) is 6.13. The number of hydrogen-bond donors (Lipinski definition) is 0. The molecule has 0 spiro atoms. The van der Waals surface area contributed by atoms with E-state index in [9.17, 15) is 0 Å². The molecule has 0 amide bonds. The maximum Gasteiger partial charge on any atom is -0.0355 e. The van der Waals surface area contributed by atoms with Crippen molar-refractivity contribution >= 4 is 0 Å². The van der Waals surface area contributed by atoms with Gasteiger partial charge in [-0.25, -0.2) is 0 Å². The highest BCUT2D eigenvalue weighted by molar-refractivity contribution is 4.99. The Morgan fingerprint density at radius 2 is 0.696 bits per heavy atom. The van der Waals surface area contributed by atoms with Gasteiger partial charge in [0.1, 0.15) is 0 Å². The molecule has 2 atom stereocenters.